The Morgan fingerprint density at radius 3 is 2.52 bits per heavy atom. The quantitative estimate of drug-likeness (QED) is 0.576. The molecule has 7 heteroatoms. The van der Waals surface area contributed by atoms with E-state index >= 15 is 0 Å². The summed E-state index contributed by atoms with van der Waals surface area (Å²) >= 11 is 0. The number of esters is 1. The molecule has 0 N–H and O–H groups in total. The minimum Gasteiger partial charge on any atom is -0.463 e. The summed E-state index contributed by atoms with van der Waals surface area (Å²) in [7, 11) is 0. The van der Waals surface area contributed by atoms with Crippen LogP contribution in [0.3, 0.4) is 0 Å². The van der Waals surface area contributed by atoms with E-state index in [9.17, 15) is 9.59 Å². The molecule has 0 radical (unpaired) electrons. The van der Waals surface area contributed by atoms with Crippen molar-refractivity contribution in [3.63, 3.8) is 0 Å². The molecule has 2 heterocycles. The van der Waals surface area contributed by atoms with Gasteiger partial charge in [-0.2, -0.15) is 0 Å². The first-order valence-electron chi connectivity index (χ1n) is 11.8. The Kier molecular flexibility index (Phi) is 6.65. The molecule has 0 aromatic carbocycles. The molecule has 3 atom stereocenters. The number of carbonyl (C=O) groups is 2. The maximum atomic E-state index is 13.3. The highest BCUT2D eigenvalue weighted by molar-refractivity contribution is 6.11. The maximum absolute atomic E-state index is 13.3. The lowest BCUT2D eigenvalue weighted by atomic mass is 9.63. The fraction of sp³-hybridized carbons (Fsp3) is 0.792. The Labute approximate surface area is 185 Å². The highest BCUT2D eigenvalue weighted by Gasteiger charge is 2.53. The lowest BCUT2D eigenvalue weighted by Gasteiger charge is -2.43. The van der Waals surface area contributed by atoms with Crippen LogP contribution in [0, 0.1) is 23.2 Å². The Bertz CT molecular complexity index is 777. The summed E-state index contributed by atoms with van der Waals surface area (Å²) in [5.41, 5.74) is 2.05. The predicted molar refractivity (Wildman–Crippen MR) is 117 cm³/mol. The molecule has 4 aliphatic rings. The lowest BCUT2D eigenvalue weighted by molar-refractivity contribution is -0.140. The van der Waals surface area contributed by atoms with Gasteiger partial charge in [0, 0.05) is 37.7 Å². The SMILES string of the molecule is CCOC(=O)C1=C(C(OCC)N2CCOCC2)N=C2CC(C)(C)CC(=O)C2C1C1CC1. The van der Waals surface area contributed by atoms with Gasteiger partial charge in [0.05, 0.1) is 37.0 Å². The van der Waals surface area contributed by atoms with Crippen LogP contribution >= 0.6 is 0 Å². The van der Waals surface area contributed by atoms with Gasteiger partial charge in [-0.15, -0.1) is 0 Å². The predicted octanol–water partition coefficient (Wildman–Crippen LogP) is 2.98. The molecule has 172 valence electrons. The highest BCUT2D eigenvalue weighted by Crippen LogP contribution is 2.52. The Hall–Kier alpha value is -1.57. The number of aliphatic imine (C=N–C) groups is 1. The first-order chi connectivity index (χ1) is 14.9. The Morgan fingerprint density at radius 2 is 1.90 bits per heavy atom. The van der Waals surface area contributed by atoms with E-state index in [-0.39, 0.29) is 29.0 Å². The van der Waals surface area contributed by atoms with E-state index < -0.39 is 6.23 Å². The van der Waals surface area contributed by atoms with Gasteiger partial charge in [0.1, 0.15) is 5.78 Å². The van der Waals surface area contributed by atoms with E-state index in [0.29, 0.717) is 50.0 Å². The summed E-state index contributed by atoms with van der Waals surface area (Å²) in [6.45, 7) is 11.5. The van der Waals surface area contributed by atoms with Crippen LogP contribution in [-0.2, 0) is 23.8 Å². The molecule has 31 heavy (non-hydrogen) atoms. The molecular formula is C24H36N2O5. The number of fused-ring (bicyclic) bond motifs is 1. The van der Waals surface area contributed by atoms with Gasteiger partial charge in [-0.25, -0.2) is 4.79 Å². The molecule has 0 aromatic heterocycles. The summed E-state index contributed by atoms with van der Waals surface area (Å²) in [4.78, 5) is 33.9. The number of ketones is 1. The normalized spacial score (nSPS) is 29.9. The lowest BCUT2D eigenvalue weighted by Crippen LogP contribution is -2.50. The fourth-order valence-electron chi connectivity index (χ4n) is 5.43. The monoisotopic (exact) mass is 432 g/mol. The second-order valence-corrected chi connectivity index (χ2v) is 9.90. The number of hydrogen-bond donors (Lipinski definition) is 0. The summed E-state index contributed by atoms with van der Waals surface area (Å²) in [5, 5.41) is 0. The molecule has 0 aromatic rings. The van der Waals surface area contributed by atoms with Gasteiger partial charge in [0.25, 0.3) is 0 Å². The minimum atomic E-state index is -0.428. The van der Waals surface area contributed by atoms with Crippen LogP contribution in [0.25, 0.3) is 0 Å². The second kappa shape index (κ2) is 9.12. The van der Waals surface area contributed by atoms with Crippen LogP contribution < -0.4 is 0 Å². The molecule has 3 fully saturated rings. The van der Waals surface area contributed by atoms with Gasteiger partial charge < -0.3 is 14.2 Å². The molecule has 7 nitrogen and oxygen atoms in total. The third kappa shape index (κ3) is 4.64. The number of nitrogens with zero attached hydrogens (tertiary/aromatic N) is 2. The van der Waals surface area contributed by atoms with Gasteiger partial charge in [-0.3, -0.25) is 14.7 Å². The number of carbonyl (C=O) groups excluding carboxylic acids is 2. The molecule has 0 amide bonds. The van der Waals surface area contributed by atoms with Crippen LogP contribution in [0.15, 0.2) is 16.3 Å². The van der Waals surface area contributed by atoms with E-state index in [4.69, 9.17) is 19.2 Å². The molecule has 2 saturated carbocycles. The van der Waals surface area contributed by atoms with Crippen molar-refractivity contribution < 1.29 is 23.8 Å². The molecule has 2 aliphatic carbocycles. The zero-order chi connectivity index (χ0) is 22.2. The standard InChI is InChI=1S/C24H36N2O5/c1-5-30-22(26-9-11-29-12-10-26)21-20(23(28)31-6-2)18(15-7-8-15)19-16(25-21)13-24(3,4)14-17(19)27/h15,18-19,22H,5-14H2,1-4H3. The average Bonchev–Trinajstić information content (AvgIpc) is 3.55. The van der Waals surface area contributed by atoms with Gasteiger partial charge in [-0.1, -0.05) is 13.8 Å². The number of Topliss-reactive ketones (excluding diaryl/α,β-unsaturated/α-hetero) is 1. The topological polar surface area (TPSA) is 77.4 Å². The molecule has 0 spiro atoms. The van der Waals surface area contributed by atoms with Gasteiger partial charge in [-0.05, 0) is 44.4 Å². The van der Waals surface area contributed by atoms with Crippen molar-refractivity contribution in [2.75, 3.05) is 39.5 Å². The molecular weight excluding hydrogens is 396 g/mol. The van der Waals surface area contributed by atoms with Crippen LogP contribution in [0.4, 0.5) is 0 Å². The maximum Gasteiger partial charge on any atom is 0.336 e. The number of hydrogen-bond acceptors (Lipinski definition) is 7. The molecule has 0 bridgehead atoms. The summed E-state index contributed by atoms with van der Waals surface area (Å²) in [6, 6.07) is 0. The zero-order valence-corrected chi connectivity index (χ0v) is 19.3. The average molecular weight is 433 g/mol. The van der Waals surface area contributed by atoms with E-state index in [2.05, 4.69) is 18.7 Å². The van der Waals surface area contributed by atoms with Crippen LogP contribution in [0.5, 0.6) is 0 Å². The summed E-state index contributed by atoms with van der Waals surface area (Å²) in [5.74, 6) is -0.230. The van der Waals surface area contributed by atoms with Crippen molar-refractivity contribution in [1.82, 2.24) is 4.90 Å². The van der Waals surface area contributed by atoms with E-state index in [1.165, 1.54) is 0 Å². The summed E-state index contributed by atoms with van der Waals surface area (Å²) in [6.07, 6.45) is 2.96. The molecule has 1 saturated heterocycles. The van der Waals surface area contributed by atoms with Crippen LogP contribution in [-0.4, -0.2) is 68.1 Å². The highest BCUT2D eigenvalue weighted by atomic mass is 16.5. The van der Waals surface area contributed by atoms with Gasteiger partial charge in [0.15, 0.2) is 6.23 Å². The van der Waals surface area contributed by atoms with Crippen LogP contribution in [0.1, 0.15) is 53.4 Å². The van der Waals surface area contributed by atoms with Gasteiger partial charge in [0.2, 0.25) is 0 Å². The van der Waals surface area contributed by atoms with Crippen molar-refractivity contribution in [2.24, 2.45) is 28.2 Å². The van der Waals surface area contributed by atoms with Crippen molar-refractivity contribution in [3.05, 3.63) is 11.3 Å². The number of ether oxygens (including phenoxy) is 3. The van der Waals surface area contributed by atoms with Crippen molar-refractivity contribution in [3.8, 4) is 0 Å². The van der Waals surface area contributed by atoms with E-state index in [1.54, 1.807) is 0 Å². The smallest absolute Gasteiger partial charge is 0.336 e. The molecule has 3 unspecified atom stereocenters. The Balaban J connectivity index is 1.84. The first kappa shape index (κ1) is 22.6. The van der Waals surface area contributed by atoms with Crippen molar-refractivity contribution >= 4 is 17.5 Å². The third-order valence-electron chi connectivity index (χ3n) is 6.81. The molecule has 4 rings (SSSR count). The zero-order valence-electron chi connectivity index (χ0n) is 19.3. The fourth-order valence-corrected chi connectivity index (χ4v) is 5.43. The number of rotatable bonds is 7. The molecule has 2 aliphatic heterocycles. The van der Waals surface area contributed by atoms with E-state index in [0.717, 1.165) is 38.1 Å². The van der Waals surface area contributed by atoms with Crippen LogP contribution in [0.2, 0.25) is 0 Å². The minimum absolute atomic E-state index is 0.118. The van der Waals surface area contributed by atoms with Gasteiger partial charge >= 0.3 is 5.97 Å². The third-order valence-corrected chi connectivity index (χ3v) is 6.81. The van der Waals surface area contributed by atoms with Crippen molar-refractivity contribution in [2.45, 2.75) is 59.6 Å². The second-order valence-electron chi connectivity index (χ2n) is 9.90. The summed E-state index contributed by atoms with van der Waals surface area (Å²) < 4.78 is 17.3. The largest absolute Gasteiger partial charge is 0.463 e. The number of morpholine rings is 1. The first-order valence-corrected chi connectivity index (χ1v) is 11.8. The Morgan fingerprint density at radius 1 is 1.19 bits per heavy atom. The van der Waals surface area contributed by atoms with Crippen molar-refractivity contribution in [1.29, 1.82) is 0 Å². The van der Waals surface area contributed by atoms with E-state index in [1.807, 2.05) is 13.8 Å².